The third-order valence-corrected chi connectivity index (χ3v) is 3.66. The Morgan fingerprint density at radius 1 is 1.75 bits per heavy atom. The molecule has 1 aliphatic rings. The maximum Gasteiger partial charge on any atom is 0.238 e. The van der Waals surface area contributed by atoms with Gasteiger partial charge in [-0.3, -0.25) is 4.79 Å². The van der Waals surface area contributed by atoms with Gasteiger partial charge in [0.25, 0.3) is 0 Å². The zero-order valence-electron chi connectivity index (χ0n) is 9.40. The normalized spacial score (nSPS) is 20.7. The van der Waals surface area contributed by atoms with Gasteiger partial charge < -0.3 is 15.2 Å². The molecule has 0 aromatic carbocycles. The van der Waals surface area contributed by atoms with Crippen molar-refractivity contribution in [3.8, 4) is 0 Å². The Morgan fingerprint density at radius 2 is 2.62 bits per heavy atom. The molecule has 0 aliphatic carbocycles. The van der Waals surface area contributed by atoms with Gasteiger partial charge in [-0.25, -0.2) is 0 Å². The average Bonchev–Trinajstić information content (AvgIpc) is 2.73. The van der Waals surface area contributed by atoms with E-state index in [9.17, 15) is 4.79 Å². The highest BCUT2D eigenvalue weighted by atomic mass is 32.2. The molecule has 1 amide bonds. The van der Waals surface area contributed by atoms with Crippen molar-refractivity contribution in [3.63, 3.8) is 0 Å². The predicted octanol–water partition coefficient (Wildman–Crippen LogP) is 0.346. The molecule has 88 valence electrons. The second kappa shape index (κ2) is 5.41. The van der Waals surface area contributed by atoms with Crippen LogP contribution in [0.15, 0.2) is 18.5 Å². The topological polar surface area (TPSA) is 46.1 Å². The number of rotatable bonds is 3. The smallest absolute Gasteiger partial charge is 0.238 e. The molecule has 2 heterocycles. The Balaban J connectivity index is 1.78. The quantitative estimate of drug-likeness (QED) is 0.800. The molecular weight excluding hydrogens is 222 g/mol. The number of hydrogen-bond donors (Lipinski definition) is 2. The number of carbonyl (C=O) groups excluding carboxylic acids is 1. The zero-order chi connectivity index (χ0) is 11.4. The summed E-state index contributed by atoms with van der Waals surface area (Å²) >= 11 is 1.83. The van der Waals surface area contributed by atoms with Crippen LogP contribution in [-0.4, -0.2) is 34.6 Å². The monoisotopic (exact) mass is 239 g/mol. The van der Waals surface area contributed by atoms with Gasteiger partial charge in [0.05, 0.1) is 6.04 Å². The van der Waals surface area contributed by atoms with Gasteiger partial charge in [0.15, 0.2) is 0 Å². The van der Waals surface area contributed by atoms with Crippen molar-refractivity contribution in [2.45, 2.75) is 12.6 Å². The van der Waals surface area contributed by atoms with Gasteiger partial charge in [-0.15, -0.1) is 0 Å². The van der Waals surface area contributed by atoms with Crippen molar-refractivity contribution in [1.82, 2.24) is 15.2 Å². The summed E-state index contributed by atoms with van der Waals surface area (Å²) in [5, 5.41) is 6.18. The first-order valence-electron chi connectivity index (χ1n) is 5.45. The molecule has 16 heavy (non-hydrogen) atoms. The van der Waals surface area contributed by atoms with Crippen LogP contribution in [0, 0.1) is 0 Å². The van der Waals surface area contributed by atoms with Crippen LogP contribution in [0.3, 0.4) is 0 Å². The standard InChI is InChI=1S/C11H17N3OS/c1-14-4-2-9(7-14)6-13-11(15)10-8-16-5-3-12-10/h2,4,7,10,12H,3,5-6,8H2,1H3,(H,13,15). The summed E-state index contributed by atoms with van der Waals surface area (Å²) < 4.78 is 1.98. The van der Waals surface area contributed by atoms with Crippen LogP contribution in [0.5, 0.6) is 0 Å². The Hall–Kier alpha value is -0.940. The molecule has 1 unspecified atom stereocenters. The maximum atomic E-state index is 11.8. The number of aromatic nitrogens is 1. The molecule has 2 N–H and O–H groups in total. The van der Waals surface area contributed by atoms with E-state index in [1.165, 1.54) is 0 Å². The van der Waals surface area contributed by atoms with E-state index in [-0.39, 0.29) is 11.9 Å². The summed E-state index contributed by atoms with van der Waals surface area (Å²) in [6.07, 6.45) is 4.00. The van der Waals surface area contributed by atoms with E-state index in [1.54, 1.807) is 0 Å². The molecule has 4 nitrogen and oxygen atoms in total. The molecule has 0 bridgehead atoms. The van der Waals surface area contributed by atoms with E-state index in [1.807, 2.05) is 41.8 Å². The first-order valence-corrected chi connectivity index (χ1v) is 6.61. The van der Waals surface area contributed by atoms with Crippen molar-refractivity contribution in [2.24, 2.45) is 7.05 Å². The van der Waals surface area contributed by atoms with Crippen LogP contribution in [0.25, 0.3) is 0 Å². The molecule has 1 fully saturated rings. The number of aryl methyl sites for hydroxylation is 1. The lowest BCUT2D eigenvalue weighted by molar-refractivity contribution is -0.122. The number of amides is 1. The Labute approximate surface area is 99.8 Å². The van der Waals surface area contributed by atoms with Gasteiger partial charge in [0.2, 0.25) is 5.91 Å². The van der Waals surface area contributed by atoms with E-state index >= 15 is 0 Å². The lowest BCUT2D eigenvalue weighted by atomic mass is 10.3. The van der Waals surface area contributed by atoms with Gasteiger partial charge in [-0.1, -0.05) is 0 Å². The fourth-order valence-electron chi connectivity index (χ4n) is 1.71. The van der Waals surface area contributed by atoms with Crippen LogP contribution in [-0.2, 0) is 18.4 Å². The van der Waals surface area contributed by atoms with E-state index < -0.39 is 0 Å². The first kappa shape index (κ1) is 11.5. The zero-order valence-corrected chi connectivity index (χ0v) is 10.2. The van der Waals surface area contributed by atoms with E-state index in [2.05, 4.69) is 10.6 Å². The van der Waals surface area contributed by atoms with Crippen LogP contribution >= 0.6 is 11.8 Å². The van der Waals surface area contributed by atoms with E-state index in [4.69, 9.17) is 0 Å². The molecule has 0 saturated carbocycles. The minimum atomic E-state index is -0.0255. The highest BCUT2D eigenvalue weighted by Gasteiger charge is 2.20. The highest BCUT2D eigenvalue weighted by molar-refractivity contribution is 7.99. The second-order valence-electron chi connectivity index (χ2n) is 3.98. The Kier molecular flexibility index (Phi) is 3.90. The van der Waals surface area contributed by atoms with Crippen LogP contribution in [0.2, 0.25) is 0 Å². The Bertz CT molecular complexity index is 358. The Morgan fingerprint density at radius 3 is 3.25 bits per heavy atom. The second-order valence-corrected chi connectivity index (χ2v) is 5.13. The summed E-state index contributed by atoms with van der Waals surface area (Å²) in [6.45, 7) is 1.54. The highest BCUT2D eigenvalue weighted by Crippen LogP contribution is 2.07. The molecule has 0 spiro atoms. The van der Waals surface area contributed by atoms with Crippen LogP contribution in [0.1, 0.15) is 5.56 Å². The minimum Gasteiger partial charge on any atom is -0.357 e. The third-order valence-electron chi connectivity index (χ3n) is 2.60. The molecule has 1 aromatic heterocycles. The van der Waals surface area contributed by atoms with Gasteiger partial charge in [0, 0.05) is 44.0 Å². The summed E-state index contributed by atoms with van der Waals surface area (Å²) in [5.41, 5.74) is 1.14. The number of hydrogen-bond acceptors (Lipinski definition) is 3. The summed E-state index contributed by atoms with van der Waals surface area (Å²) in [7, 11) is 1.98. The van der Waals surface area contributed by atoms with Gasteiger partial charge in [-0.2, -0.15) is 11.8 Å². The predicted molar refractivity (Wildman–Crippen MR) is 66.4 cm³/mol. The fraction of sp³-hybridized carbons (Fsp3) is 0.545. The van der Waals surface area contributed by atoms with E-state index in [0.717, 1.165) is 23.6 Å². The lowest BCUT2D eigenvalue weighted by Gasteiger charge is -2.22. The molecule has 1 saturated heterocycles. The molecule has 1 aromatic rings. The van der Waals surface area contributed by atoms with E-state index in [0.29, 0.717) is 6.54 Å². The van der Waals surface area contributed by atoms with Gasteiger partial charge >= 0.3 is 0 Å². The van der Waals surface area contributed by atoms with Crippen molar-refractivity contribution < 1.29 is 4.79 Å². The van der Waals surface area contributed by atoms with Crippen LogP contribution < -0.4 is 10.6 Å². The number of thioether (sulfide) groups is 1. The SMILES string of the molecule is Cn1ccc(CNC(=O)C2CSCCN2)c1. The van der Waals surface area contributed by atoms with Crippen molar-refractivity contribution in [3.05, 3.63) is 24.0 Å². The maximum absolute atomic E-state index is 11.8. The molecule has 5 heteroatoms. The summed E-state index contributed by atoms with van der Waals surface area (Å²) in [4.78, 5) is 11.8. The first-order chi connectivity index (χ1) is 7.75. The average molecular weight is 239 g/mol. The number of carbonyl (C=O) groups is 1. The fourth-order valence-corrected chi connectivity index (χ4v) is 2.65. The number of nitrogens with zero attached hydrogens (tertiary/aromatic N) is 1. The number of nitrogens with one attached hydrogen (secondary N) is 2. The largest absolute Gasteiger partial charge is 0.357 e. The van der Waals surface area contributed by atoms with Gasteiger partial charge in [-0.05, 0) is 11.6 Å². The van der Waals surface area contributed by atoms with Gasteiger partial charge in [0.1, 0.15) is 0 Å². The van der Waals surface area contributed by atoms with Crippen LogP contribution in [0.4, 0.5) is 0 Å². The lowest BCUT2D eigenvalue weighted by Crippen LogP contribution is -2.48. The molecule has 1 aliphatic heterocycles. The molecule has 0 radical (unpaired) electrons. The third kappa shape index (κ3) is 3.02. The minimum absolute atomic E-state index is 0.0255. The van der Waals surface area contributed by atoms with Crippen molar-refractivity contribution in [2.75, 3.05) is 18.1 Å². The molecule has 2 rings (SSSR count). The van der Waals surface area contributed by atoms with Crippen molar-refractivity contribution in [1.29, 1.82) is 0 Å². The molecule has 1 atom stereocenters. The summed E-state index contributed by atoms with van der Waals surface area (Å²) in [5.74, 6) is 2.08. The van der Waals surface area contributed by atoms with Crippen molar-refractivity contribution >= 4 is 17.7 Å². The summed E-state index contributed by atoms with van der Waals surface area (Å²) in [6, 6.07) is 1.99. The molecular formula is C11H17N3OS.